The molecule has 0 spiro atoms. The van der Waals surface area contributed by atoms with Crippen LogP contribution in [-0.4, -0.2) is 65.4 Å². The molecule has 0 saturated heterocycles. The van der Waals surface area contributed by atoms with Gasteiger partial charge < -0.3 is 25.0 Å². The van der Waals surface area contributed by atoms with Gasteiger partial charge in [-0.25, -0.2) is 0 Å². The van der Waals surface area contributed by atoms with Gasteiger partial charge in [-0.3, -0.25) is 4.99 Å². The minimum absolute atomic E-state index is 0.655. The first-order chi connectivity index (χ1) is 12.1. The smallest absolute Gasteiger partial charge is 0.191 e. The largest absolute Gasteiger partial charge is 0.493 e. The predicted octanol–water partition coefficient (Wildman–Crippen LogP) is 2.03. The monoisotopic (exact) mass is 350 g/mol. The van der Waals surface area contributed by atoms with Gasteiger partial charge in [0, 0.05) is 45.8 Å². The van der Waals surface area contributed by atoms with Crippen LogP contribution in [0.2, 0.25) is 0 Å². The van der Waals surface area contributed by atoms with Gasteiger partial charge in [-0.05, 0) is 45.6 Å². The zero-order valence-corrected chi connectivity index (χ0v) is 16.4. The number of aryl methyl sites for hydroxylation is 1. The van der Waals surface area contributed by atoms with Crippen LogP contribution in [0.25, 0.3) is 0 Å². The fourth-order valence-electron chi connectivity index (χ4n) is 2.33. The van der Waals surface area contributed by atoms with Crippen LogP contribution >= 0.6 is 0 Å². The molecule has 0 radical (unpaired) electrons. The number of aliphatic imine (C=N–C) groups is 1. The lowest BCUT2D eigenvalue weighted by molar-refractivity contribution is 0.172. The lowest BCUT2D eigenvalue weighted by Crippen LogP contribution is -2.38. The average Bonchev–Trinajstić information content (AvgIpc) is 2.59. The van der Waals surface area contributed by atoms with E-state index in [9.17, 15) is 0 Å². The number of nitrogens with zero attached hydrogens (tertiary/aromatic N) is 2. The molecule has 0 saturated carbocycles. The second-order valence-corrected chi connectivity index (χ2v) is 6.32. The van der Waals surface area contributed by atoms with Crippen molar-refractivity contribution in [2.75, 3.05) is 54.6 Å². The SMILES string of the molecule is CN=C(NCCCN(C)C)NCc1ccc(C)cc1OCCCOC. The molecule has 0 aromatic heterocycles. The maximum Gasteiger partial charge on any atom is 0.191 e. The second kappa shape index (κ2) is 12.6. The third kappa shape index (κ3) is 9.31. The van der Waals surface area contributed by atoms with E-state index in [1.165, 1.54) is 5.56 Å². The number of ether oxygens (including phenoxy) is 2. The first kappa shape index (κ1) is 21.3. The molecule has 0 atom stereocenters. The van der Waals surface area contributed by atoms with E-state index in [1.807, 2.05) is 0 Å². The molecule has 1 rings (SSSR count). The Balaban J connectivity index is 2.50. The summed E-state index contributed by atoms with van der Waals surface area (Å²) in [5.41, 5.74) is 2.32. The van der Waals surface area contributed by atoms with Gasteiger partial charge in [0.15, 0.2) is 5.96 Å². The highest BCUT2D eigenvalue weighted by atomic mass is 16.5. The van der Waals surface area contributed by atoms with Crippen molar-refractivity contribution in [3.63, 3.8) is 0 Å². The van der Waals surface area contributed by atoms with Crippen LogP contribution < -0.4 is 15.4 Å². The normalized spacial score (nSPS) is 11.7. The molecule has 0 amide bonds. The van der Waals surface area contributed by atoms with E-state index in [1.54, 1.807) is 14.2 Å². The minimum atomic E-state index is 0.655. The lowest BCUT2D eigenvalue weighted by atomic mass is 10.1. The molecule has 0 fully saturated rings. The van der Waals surface area contributed by atoms with Crippen LogP contribution in [0.4, 0.5) is 0 Å². The summed E-state index contributed by atoms with van der Waals surface area (Å²) in [6.07, 6.45) is 1.96. The lowest BCUT2D eigenvalue weighted by Gasteiger charge is -2.16. The molecular formula is C19H34N4O2. The molecule has 0 bridgehead atoms. The number of benzene rings is 1. The third-order valence-electron chi connectivity index (χ3n) is 3.72. The van der Waals surface area contributed by atoms with E-state index in [0.717, 1.165) is 43.2 Å². The van der Waals surface area contributed by atoms with Crippen LogP contribution in [-0.2, 0) is 11.3 Å². The summed E-state index contributed by atoms with van der Waals surface area (Å²) in [7, 11) is 7.66. The Morgan fingerprint density at radius 2 is 1.96 bits per heavy atom. The van der Waals surface area contributed by atoms with Gasteiger partial charge in [-0.15, -0.1) is 0 Å². The molecule has 1 aromatic carbocycles. The van der Waals surface area contributed by atoms with Crippen LogP contribution in [0.15, 0.2) is 23.2 Å². The molecule has 1 aromatic rings. The molecule has 0 heterocycles. The van der Waals surface area contributed by atoms with E-state index >= 15 is 0 Å². The molecule has 142 valence electrons. The maximum absolute atomic E-state index is 5.93. The summed E-state index contributed by atoms with van der Waals surface area (Å²) in [6.45, 7) is 6.07. The standard InChI is InChI=1S/C19H34N4O2/c1-16-8-9-17(18(14-16)25-13-7-12-24-5)15-22-19(20-2)21-10-6-11-23(3)4/h8-9,14H,6-7,10-13,15H2,1-5H3,(H2,20,21,22). The van der Waals surface area contributed by atoms with E-state index in [-0.39, 0.29) is 0 Å². The molecule has 6 nitrogen and oxygen atoms in total. The van der Waals surface area contributed by atoms with Crippen LogP contribution in [0, 0.1) is 6.92 Å². The number of hydrogen-bond acceptors (Lipinski definition) is 4. The highest BCUT2D eigenvalue weighted by Crippen LogP contribution is 2.20. The van der Waals surface area contributed by atoms with E-state index in [4.69, 9.17) is 9.47 Å². The Labute approximate surface area is 152 Å². The summed E-state index contributed by atoms with van der Waals surface area (Å²) in [4.78, 5) is 6.45. The molecule has 0 aliphatic carbocycles. The van der Waals surface area contributed by atoms with E-state index < -0.39 is 0 Å². The van der Waals surface area contributed by atoms with Crippen molar-refractivity contribution in [1.29, 1.82) is 0 Å². The highest BCUT2D eigenvalue weighted by Gasteiger charge is 2.06. The van der Waals surface area contributed by atoms with Crippen molar-refractivity contribution in [1.82, 2.24) is 15.5 Å². The van der Waals surface area contributed by atoms with Gasteiger partial charge in [-0.1, -0.05) is 12.1 Å². The Kier molecular flexibility index (Phi) is 10.7. The Hall–Kier alpha value is -1.79. The Morgan fingerprint density at radius 1 is 1.16 bits per heavy atom. The molecule has 2 N–H and O–H groups in total. The highest BCUT2D eigenvalue weighted by molar-refractivity contribution is 5.79. The number of hydrogen-bond donors (Lipinski definition) is 2. The van der Waals surface area contributed by atoms with Crippen molar-refractivity contribution in [2.45, 2.75) is 26.3 Å². The summed E-state index contributed by atoms with van der Waals surface area (Å²) in [6, 6.07) is 6.29. The van der Waals surface area contributed by atoms with E-state index in [0.29, 0.717) is 19.8 Å². The molecule has 0 aliphatic heterocycles. The molecule has 0 aliphatic rings. The zero-order chi connectivity index (χ0) is 18.5. The molecule has 6 heteroatoms. The molecule has 25 heavy (non-hydrogen) atoms. The van der Waals surface area contributed by atoms with Crippen molar-refractivity contribution < 1.29 is 9.47 Å². The summed E-state index contributed by atoms with van der Waals surface area (Å²) in [5.74, 6) is 1.73. The first-order valence-corrected chi connectivity index (χ1v) is 8.87. The fourth-order valence-corrected chi connectivity index (χ4v) is 2.33. The average molecular weight is 351 g/mol. The number of methoxy groups -OCH3 is 1. The van der Waals surface area contributed by atoms with Crippen LogP contribution in [0.1, 0.15) is 24.0 Å². The van der Waals surface area contributed by atoms with Crippen molar-refractivity contribution in [3.05, 3.63) is 29.3 Å². The van der Waals surface area contributed by atoms with Gasteiger partial charge in [0.25, 0.3) is 0 Å². The van der Waals surface area contributed by atoms with Gasteiger partial charge in [0.1, 0.15) is 5.75 Å². The van der Waals surface area contributed by atoms with Crippen LogP contribution in [0.5, 0.6) is 5.75 Å². The summed E-state index contributed by atoms with van der Waals surface area (Å²) in [5, 5.41) is 6.70. The van der Waals surface area contributed by atoms with Crippen molar-refractivity contribution >= 4 is 5.96 Å². The van der Waals surface area contributed by atoms with Gasteiger partial charge >= 0.3 is 0 Å². The van der Waals surface area contributed by atoms with Crippen molar-refractivity contribution in [2.24, 2.45) is 4.99 Å². The minimum Gasteiger partial charge on any atom is -0.493 e. The predicted molar refractivity (Wildman–Crippen MR) is 105 cm³/mol. The summed E-state index contributed by atoms with van der Waals surface area (Å²) >= 11 is 0. The van der Waals surface area contributed by atoms with Gasteiger partial charge in [-0.2, -0.15) is 0 Å². The third-order valence-corrected chi connectivity index (χ3v) is 3.72. The number of guanidine groups is 1. The van der Waals surface area contributed by atoms with Crippen LogP contribution in [0.3, 0.4) is 0 Å². The number of nitrogens with one attached hydrogen (secondary N) is 2. The maximum atomic E-state index is 5.93. The Bertz CT molecular complexity index is 518. The molecule has 0 unspecified atom stereocenters. The molecular weight excluding hydrogens is 316 g/mol. The van der Waals surface area contributed by atoms with E-state index in [2.05, 4.69) is 59.7 Å². The fraction of sp³-hybridized carbons (Fsp3) is 0.632. The topological polar surface area (TPSA) is 58.1 Å². The second-order valence-electron chi connectivity index (χ2n) is 6.32. The van der Waals surface area contributed by atoms with Gasteiger partial charge in [0.05, 0.1) is 6.61 Å². The first-order valence-electron chi connectivity index (χ1n) is 8.87. The van der Waals surface area contributed by atoms with Crippen molar-refractivity contribution in [3.8, 4) is 5.75 Å². The zero-order valence-electron chi connectivity index (χ0n) is 16.4. The quantitative estimate of drug-likeness (QED) is 0.363. The number of rotatable bonds is 11. The summed E-state index contributed by atoms with van der Waals surface area (Å²) < 4.78 is 11.0. The Morgan fingerprint density at radius 3 is 2.64 bits per heavy atom. The van der Waals surface area contributed by atoms with Gasteiger partial charge in [0.2, 0.25) is 0 Å².